The van der Waals surface area contributed by atoms with E-state index in [9.17, 15) is 9.59 Å². The van der Waals surface area contributed by atoms with Crippen LogP contribution in [0.5, 0.6) is 5.75 Å². The van der Waals surface area contributed by atoms with Gasteiger partial charge in [0.25, 0.3) is 11.9 Å². The first-order valence-electron chi connectivity index (χ1n) is 11.3. The number of methoxy groups -OCH3 is 1. The van der Waals surface area contributed by atoms with Gasteiger partial charge in [-0.2, -0.15) is 4.99 Å². The van der Waals surface area contributed by atoms with Gasteiger partial charge in [-0.05, 0) is 34.5 Å². The van der Waals surface area contributed by atoms with Gasteiger partial charge in [0.2, 0.25) is 12.0 Å². The van der Waals surface area contributed by atoms with Crippen molar-refractivity contribution in [1.82, 2.24) is 9.80 Å². The predicted octanol–water partition coefficient (Wildman–Crippen LogP) is 3.66. The molecule has 0 aliphatic carbocycles. The molecule has 3 aromatic carbocycles. The molecule has 2 aliphatic rings. The number of aliphatic imine (C=N–C) groups is 1. The number of nitrogens with zero attached hydrogens (tertiary/aromatic N) is 3. The van der Waals surface area contributed by atoms with Crippen LogP contribution in [0.25, 0.3) is 16.8 Å². The standard InChI is InChI=1S/C27H25N3O4/c1-33-21-12-9-19(10-13-21)11-14-24(31)29-15-17-30(18-16-29)27-28-26(32)25(34-27)23-8-4-6-20-5-2-3-7-22(20)23/h2-14,25H,15-18H2,1H3/b14-11+/t25-/m1/s1. The van der Waals surface area contributed by atoms with Crippen LogP contribution in [-0.2, 0) is 14.3 Å². The summed E-state index contributed by atoms with van der Waals surface area (Å²) in [5, 5.41) is 2.04. The molecule has 3 aromatic rings. The zero-order valence-corrected chi connectivity index (χ0v) is 18.9. The topological polar surface area (TPSA) is 71.4 Å². The van der Waals surface area contributed by atoms with Crippen LogP contribution in [-0.4, -0.2) is 60.9 Å². The molecule has 2 amide bonds. The Labute approximate surface area is 197 Å². The van der Waals surface area contributed by atoms with Crippen molar-refractivity contribution >= 4 is 34.7 Å². The summed E-state index contributed by atoms with van der Waals surface area (Å²) in [6.45, 7) is 2.16. The Morgan fingerprint density at radius 1 is 1.00 bits per heavy atom. The maximum atomic E-state index is 12.7. The molecule has 5 rings (SSSR count). The average molecular weight is 456 g/mol. The van der Waals surface area contributed by atoms with Gasteiger partial charge in [0, 0.05) is 37.8 Å². The Morgan fingerprint density at radius 2 is 1.74 bits per heavy atom. The fourth-order valence-electron chi connectivity index (χ4n) is 4.26. The highest BCUT2D eigenvalue weighted by molar-refractivity contribution is 6.01. The summed E-state index contributed by atoms with van der Waals surface area (Å²) in [6.07, 6.45) is 2.64. The lowest BCUT2D eigenvalue weighted by Gasteiger charge is -2.34. The molecule has 0 unspecified atom stereocenters. The monoisotopic (exact) mass is 455 g/mol. The fourth-order valence-corrected chi connectivity index (χ4v) is 4.26. The van der Waals surface area contributed by atoms with Crippen LogP contribution in [0, 0.1) is 0 Å². The van der Waals surface area contributed by atoms with Crippen LogP contribution in [0.1, 0.15) is 17.2 Å². The van der Waals surface area contributed by atoms with Gasteiger partial charge in [-0.25, -0.2) is 0 Å². The molecule has 0 bridgehead atoms. The summed E-state index contributed by atoms with van der Waals surface area (Å²) in [6, 6.07) is 21.6. The van der Waals surface area contributed by atoms with E-state index in [1.807, 2.05) is 71.6 Å². The van der Waals surface area contributed by atoms with Crippen molar-refractivity contribution in [2.75, 3.05) is 33.3 Å². The second-order valence-corrected chi connectivity index (χ2v) is 8.22. The summed E-state index contributed by atoms with van der Waals surface area (Å²) in [5.41, 5.74) is 1.75. The Morgan fingerprint density at radius 3 is 2.50 bits per heavy atom. The molecule has 0 spiro atoms. The van der Waals surface area contributed by atoms with E-state index in [1.165, 1.54) is 0 Å². The molecule has 2 aliphatic heterocycles. The third-order valence-electron chi connectivity index (χ3n) is 6.16. The first-order chi connectivity index (χ1) is 16.6. The summed E-state index contributed by atoms with van der Waals surface area (Å²) in [5.74, 6) is 0.430. The van der Waals surface area contributed by atoms with Gasteiger partial charge < -0.3 is 19.3 Å². The number of carbonyl (C=O) groups is 2. The van der Waals surface area contributed by atoms with Crippen LogP contribution in [0.2, 0.25) is 0 Å². The number of amides is 2. The number of hydrogen-bond acceptors (Lipinski definition) is 5. The number of hydrogen-bond donors (Lipinski definition) is 0. The molecular weight excluding hydrogens is 430 g/mol. The minimum Gasteiger partial charge on any atom is -0.497 e. The normalized spacial score (nSPS) is 18.3. The van der Waals surface area contributed by atoms with Crippen LogP contribution < -0.4 is 4.74 Å². The van der Waals surface area contributed by atoms with E-state index >= 15 is 0 Å². The minimum absolute atomic E-state index is 0.0468. The van der Waals surface area contributed by atoms with Gasteiger partial charge in [-0.15, -0.1) is 0 Å². The SMILES string of the molecule is COc1ccc(/C=C/C(=O)N2CCN(C3=NC(=O)[C@@H](c4cccc5ccccc45)O3)CC2)cc1. The predicted molar refractivity (Wildman–Crippen MR) is 130 cm³/mol. The lowest BCUT2D eigenvalue weighted by atomic mass is 10.0. The largest absolute Gasteiger partial charge is 0.497 e. The van der Waals surface area contributed by atoms with Crippen LogP contribution in [0.4, 0.5) is 0 Å². The molecule has 1 saturated heterocycles. The van der Waals surface area contributed by atoms with E-state index < -0.39 is 6.10 Å². The van der Waals surface area contributed by atoms with E-state index in [2.05, 4.69) is 4.99 Å². The van der Waals surface area contributed by atoms with E-state index in [-0.39, 0.29) is 11.8 Å². The molecule has 172 valence electrons. The van der Waals surface area contributed by atoms with Crippen LogP contribution in [0.3, 0.4) is 0 Å². The average Bonchev–Trinajstić information content (AvgIpc) is 3.28. The highest BCUT2D eigenvalue weighted by Crippen LogP contribution is 2.31. The third kappa shape index (κ3) is 4.37. The molecular formula is C27H25N3O4. The first-order valence-corrected chi connectivity index (χ1v) is 11.3. The van der Waals surface area contributed by atoms with Gasteiger partial charge in [0.1, 0.15) is 5.75 Å². The maximum absolute atomic E-state index is 12.7. The number of fused-ring (bicyclic) bond motifs is 1. The third-order valence-corrected chi connectivity index (χ3v) is 6.16. The van der Waals surface area contributed by atoms with Crippen molar-refractivity contribution < 1.29 is 19.1 Å². The quantitative estimate of drug-likeness (QED) is 0.562. The zero-order chi connectivity index (χ0) is 23.5. The minimum atomic E-state index is -0.742. The van der Waals surface area contributed by atoms with Gasteiger partial charge in [0.15, 0.2) is 0 Å². The molecule has 0 radical (unpaired) electrons. The second kappa shape index (κ2) is 9.39. The summed E-state index contributed by atoms with van der Waals surface area (Å²) in [7, 11) is 1.62. The highest BCUT2D eigenvalue weighted by atomic mass is 16.5. The molecule has 0 aromatic heterocycles. The smallest absolute Gasteiger partial charge is 0.296 e. The molecule has 0 N–H and O–H groups in total. The lowest BCUT2D eigenvalue weighted by Crippen LogP contribution is -2.50. The van der Waals surface area contributed by atoms with Crippen molar-refractivity contribution in [3.8, 4) is 5.75 Å². The molecule has 34 heavy (non-hydrogen) atoms. The molecule has 2 heterocycles. The van der Waals surface area contributed by atoms with Crippen molar-refractivity contribution in [3.05, 3.63) is 83.9 Å². The highest BCUT2D eigenvalue weighted by Gasteiger charge is 2.35. The molecule has 0 saturated carbocycles. The van der Waals surface area contributed by atoms with E-state index in [0.29, 0.717) is 32.2 Å². The summed E-state index contributed by atoms with van der Waals surface area (Å²) >= 11 is 0. The van der Waals surface area contributed by atoms with Crippen molar-refractivity contribution in [2.24, 2.45) is 4.99 Å². The van der Waals surface area contributed by atoms with Crippen molar-refractivity contribution in [3.63, 3.8) is 0 Å². The summed E-state index contributed by atoms with van der Waals surface area (Å²) < 4.78 is 11.2. The lowest BCUT2D eigenvalue weighted by molar-refractivity contribution is -0.127. The van der Waals surface area contributed by atoms with Gasteiger partial charge in [0.05, 0.1) is 7.11 Å². The number of piperazine rings is 1. The molecule has 7 heteroatoms. The fraction of sp³-hybridized carbons (Fsp3) is 0.222. The molecule has 1 atom stereocenters. The number of amidine groups is 1. The number of rotatable bonds is 4. The van der Waals surface area contributed by atoms with Crippen molar-refractivity contribution in [2.45, 2.75) is 6.10 Å². The molecule has 1 fully saturated rings. The Bertz CT molecular complexity index is 1270. The van der Waals surface area contributed by atoms with Gasteiger partial charge in [-0.3, -0.25) is 9.59 Å². The molecule has 7 nitrogen and oxygen atoms in total. The van der Waals surface area contributed by atoms with Gasteiger partial charge in [-0.1, -0.05) is 54.6 Å². The van der Waals surface area contributed by atoms with E-state index in [4.69, 9.17) is 9.47 Å². The van der Waals surface area contributed by atoms with E-state index in [1.54, 1.807) is 24.2 Å². The Kier molecular flexibility index (Phi) is 5.99. The first kappa shape index (κ1) is 21.7. The number of benzene rings is 3. The Hall–Kier alpha value is -4.13. The van der Waals surface area contributed by atoms with Crippen molar-refractivity contribution in [1.29, 1.82) is 0 Å². The maximum Gasteiger partial charge on any atom is 0.296 e. The number of ether oxygens (including phenoxy) is 2. The number of carbonyl (C=O) groups excluding carboxylic acids is 2. The second-order valence-electron chi connectivity index (χ2n) is 8.22. The summed E-state index contributed by atoms with van der Waals surface area (Å²) in [4.78, 5) is 33.2. The zero-order valence-electron chi connectivity index (χ0n) is 18.9. The van der Waals surface area contributed by atoms with E-state index in [0.717, 1.165) is 27.6 Å². The van der Waals surface area contributed by atoms with Gasteiger partial charge >= 0.3 is 0 Å². The van der Waals surface area contributed by atoms with Crippen LogP contribution >= 0.6 is 0 Å². The van der Waals surface area contributed by atoms with Crippen LogP contribution in [0.15, 0.2) is 77.8 Å². The Balaban J connectivity index is 1.19.